The number of hydrogen-bond acceptors (Lipinski definition) is 1. The van der Waals surface area contributed by atoms with Crippen molar-refractivity contribution in [2.24, 2.45) is 10.7 Å². The molecule has 46 heavy (non-hydrogen) atoms. The molecule has 0 unspecified atom stereocenters. The van der Waals surface area contributed by atoms with E-state index < -0.39 is 0 Å². The van der Waals surface area contributed by atoms with Crippen LogP contribution in [0.5, 0.6) is 0 Å². The van der Waals surface area contributed by atoms with Crippen LogP contribution >= 0.6 is 9.53 Å². The predicted octanol–water partition coefficient (Wildman–Crippen LogP) is 10.6. The number of hydrogen-bond donors (Lipinski definition) is 1. The van der Waals surface area contributed by atoms with Crippen molar-refractivity contribution in [3.05, 3.63) is 209 Å². The van der Waals surface area contributed by atoms with Gasteiger partial charge in [-0.15, -0.1) is 0 Å². The van der Waals surface area contributed by atoms with E-state index in [0.717, 1.165) is 48.6 Å². The fraction of sp³-hybridized carbons (Fsp3) is 0. The Balaban J connectivity index is 1.76. The van der Waals surface area contributed by atoms with Gasteiger partial charge in [0.05, 0.1) is 0 Å². The van der Waals surface area contributed by atoms with Crippen molar-refractivity contribution in [3.63, 3.8) is 0 Å². The van der Waals surface area contributed by atoms with E-state index in [2.05, 4.69) is 78.9 Å². The zero-order valence-corrected chi connectivity index (χ0v) is 27.1. The maximum absolute atomic E-state index is 13.7. The second-order valence-electron chi connectivity index (χ2n) is 10.5. The quantitative estimate of drug-likeness (QED) is 0.0524. The summed E-state index contributed by atoms with van der Waals surface area (Å²) in [6, 6.07) is 55.6. The van der Waals surface area contributed by atoms with Crippen molar-refractivity contribution < 1.29 is 21.4 Å². The topological polar surface area (TPSA) is 38.4 Å². The summed E-state index contributed by atoms with van der Waals surface area (Å²) in [6.07, 6.45) is 0. The Hall–Kier alpha value is -4.85. The molecule has 0 fully saturated rings. The number of halogens is 2. The summed E-state index contributed by atoms with van der Waals surface area (Å²) >= 11 is -0.253. The fourth-order valence-corrected chi connectivity index (χ4v) is 7.16. The third kappa shape index (κ3) is 7.01. The van der Waals surface area contributed by atoms with Crippen molar-refractivity contribution in [2.75, 3.05) is 0 Å². The summed E-state index contributed by atoms with van der Waals surface area (Å²) in [7, 11) is 6.96. The molecule has 0 atom stereocenters. The molecule has 6 aromatic rings. The number of para-hydroxylation sites is 1. The first kappa shape index (κ1) is 31.1. The molecule has 0 bridgehead atoms. The van der Waals surface area contributed by atoms with Crippen LogP contribution in [0.2, 0.25) is 0 Å². The number of amidine groups is 1. The Labute approximate surface area is 281 Å². The molecular formula is C41H30ClFN2Pd. The molecule has 0 spiro atoms. The van der Waals surface area contributed by atoms with Crippen molar-refractivity contribution in [3.8, 4) is 0 Å². The average molecular weight is 712 g/mol. The third-order valence-electron chi connectivity index (χ3n) is 7.51. The summed E-state index contributed by atoms with van der Waals surface area (Å²) in [5.74, 6) is -0.0258. The molecule has 2 nitrogen and oxygen atoms in total. The van der Waals surface area contributed by atoms with Crippen LogP contribution in [0.4, 0.5) is 10.1 Å². The van der Waals surface area contributed by atoms with E-state index in [-0.39, 0.29) is 22.8 Å². The van der Waals surface area contributed by atoms with Gasteiger partial charge >= 0.3 is 279 Å². The molecule has 2 N–H and O–H groups in total. The van der Waals surface area contributed by atoms with Crippen LogP contribution in [0.25, 0.3) is 20.8 Å². The van der Waals surface area contributed by atoms with E-state index in [0.29, 0.717) is 17.1 Å². The zero-order chi connectivity index (χ0) is 31.7. The van der Waals surface area contributed by atoms with E-state index in [1.165, 1.54) is 12.1 Å². The number of nitrogens with two attached hydrogens (primary N) is 1. The fourth-order valence-electron chi connectivity index (χ4n) is 5.41. The average Bonchev–Trinajstić information content (AvgIpc) is 3.12. The Kier molecular flexibility index (Phi) is 10.1. The summed E-state index contributed by atoms with van der Waals surface area (Å²) in [4.78, 5) is 4.94. The van der Waals surface area contributed by atoms with Gasteiger partial charge in [-0.05, 0) is 0 Å². The molecule has 0 aliphatic carbocycles. The van der Waals surface area contributed by atoms with Gasteiger partial charge in [0.2, 0.25) is 0 Å². The van der Waals surface area contributed by atoms with Gasteiger partial charge in [0.1, 0.15) is 0 Å². The monoisotopic (exact) mass is 710 g/mol. The van der Waals surface area contributed by atoms with Crippen LogP contribution in [0.15, 0.2) is 175 Å². The van der Waals surface area contributed by atoms with Crippen LogP contribution in [-0.2, 0) is 17.0 Å². The normalized spacial score (nSPS) is 12.8. The maximum atomic E-state index is 13.7. The van der Waals surface area contributed by atoms with E-state index >= 15 is 0 Å². The molecule has 0 amide bonds. The van der Waals surface area contributed by atoms with Gasteiger partial charge in [-0.25, -0.2) is 4.39 Å². The Morgan fingerprint density at radius 2 is 0.957 bits per heavy atom. The number of nitrogens with zero attached hydrogens (tertiary/aromatic N) is 1. The molecule has 0 heterocycles. The Morgan fingerprint density at radius 3 is 1.50 bits per heavy atom. The molecule has 0 saturated carbocycles. The van der Waals surface area contributed by atoms with Crippen LogP contribution in [0.1, 0.15) is 33.4 Å². The first-order chi connectivity index (χ1) is 22.6. The molecule has 0 saturated heterocycles. The van der Waals surface area contributed by atoms with E-state index in [1.54, 1.807) is 12.1 Å². The molecular weight excluding hydrogens is 681 g/mol. The summed E-state index contributed by atoms with van der Waals surface area (Å²) < 4.78 is 14.8. The number of benzene rings is 6. The number of allylic oxidation sites excluding steroid dienone is 2. The Morgan fingerprint density at radius 1 is 0.500 bits per heavy atom. The molecule has 6 rings (SSSR count). The standard InChI is InChI=1S/C41H30FN2.ClH.Pd/c42-35-27-25-34(26-28-35)41(43)44-38-24-14-13-23-36(38)39(32-19-9-3-10-20-32)40(33-21-11-4-12-22-33)37(31-17-7-2-8-18-31)29-30-15-5-1-6-16-30;;/h1-28H,(H2,43,44);1H;/q;;+1/p-1/b37-29?,40-39+;;. The van der Waals surface area contributed by atoms with Crippen molar-refractivity contribution in [1.82, 2.24) is 0 Å². The Bertz CT molecular complexity index is 2010. The van der Waals surface area contributed by atoms with Gasteiger partial charge in [0.15, 0.2) is 0 Å². The van der Waals surface area contributed by atoms with Crippen LogP contribution in [0, 0.1) is 5.82 Å². The SMILES string of the molecule is N/C(=N\c1ccccc1/C(=C(/C(=[C](\[Pd][Cl])c1ccccc1)c1ccccc1)c1ccccc1)c1ccccc1)c1ccc(F)cc1. The molecule has 228 valence electrons. The van der Waals surface area contributed by atoms with E-state index in [9.17, 15) is 4.39 Å². The molecule has 0 aromatic heterocycles. The number of rotatable bonds is 9. The van der Waals surface area contributed by atoms with Crippen molar-refractivity contribution in [2.45, 2.75) is 0 Å². The third-order valence-corrected chi connectivity index (χ3v) is 9.35. The minimum absolute atomic E-state index is 0.253. The first-order valence-corrected chi connectivity index (χ1v) is 17.5. The first-order valence-electron chi connectivity index (χ1n) is 14.7. The molecule has 0 radical (unpaired) electrons. The van der Waals surface area contributed by atoms with Crippen LogP contribution < -0.4 is 5.73 Å². The van der Waals surface area contributed by atoms with Gasteiger partial charge in [-0.2, -0.15) is 0 Å². The molecule has 6 aromatic carbocycles. The van der Waals surface area contributed by atoms with Crippen LogP contribution in [0.3, 0.4) is 0 Å². The second kappa shape index (κ2) is 15.0. The van der Waals surface area contributed by atoms with Gasteiger partial charge in [-0.3, -0.25) is 0 Å². The van der Waals surface area contributed by atoms with Crippen molar-refractivity contribution in [1.29, 1.82) is 0 Å². The molecule has 0 aliphatic heterocycles. The van der Waals surface area contributed by atoms with Gasteiger partial charge < -0.3 is 0 Å². The van der Waals surface area contributed by atoms with E-state index in [1.807, 2.05) is 66.7 Å². The van der Waals surface area contributed by atoms with Gasteiger partial charge in [0.25, 0.3) is 0 Å². The van der Waals surface area contributed by atoms with Gasteiger partial charge in [0, 0.05) is 0 Å². The van der Waals surface area contributed by atoms with Crippen LogP contribution in [-0.4, -0.2) is 5.84 Å². The van der Waals surface area contributed by atoms with Crippen molar-refractivity contribution >= 4 is 41.8 Å². The zero-order valence-electron chi connectivity index (χ0n) is 24.8. The predicted molar refractivity (Wildman–Crippen MR) is 188 cm³/mol. The number of aliphatic imine (C=N–C) groups is 1. The minimum atomic E-state index is -0.325. The summed E-state index contributed by atoms with van der Waals surface area (Å²) in [5.41, 5.74) is 16.0. The second-order valence-corrected chi connectivity index (χ2v) is 12.2. The molecule has 5 heteroatoms. The summed E-state index contributed by atoms with van der Waals surface area (Å²) in [5, 5.41) is 0. The van der Waals surface area contributed by atoms with Gasteiger partial charge in [-0.1, -0.05) is 0 Å². The molecule has 0 aliphatic rings. The summed E-state index contributed by atoms with van der Waals surface area (Å²) in [6.45, 7) is 0. The van der Waals surface area contributed by atoms with E-state index in [4.69, 9.17) is 20.3 Å².